The minimum Gasteiger partial charge on any atom is -0.494 e. The zero-order chi connectivity index (χ0) is 26.3. The molecule has 1 fully saturated rings. The van der Waals surface area contributed by atoms with Crippen molar-refractivity contribution in [3.8, 4) is 5.75 Å². The lowest BCUT2D eigenvalue weighted by Gasteiger charge is -2.30. The minimum absolute atomic E-state index is 0.0556. The molecular weight excluding hydrogens is 480 g/mol. The van der Waals surface area contributed by atoms with E-state index < -0.39 is 0 Å². The molecule has 0 saturated carbocycles. The Balaban J connectivity index is 1.46. The number of aromatic nitrogens is 5. The second-order valence-corrected chi connectivity index (χ2v) is 9.79. The Morgan fingerprint density at radius 3 is 2.82 bits per heavy atom. The van der Waals surface area contributed by atoms with E-state index in [1.165, 1.54) is 5.56 Å². The van der Waals surface area contributed by atoms with E-state index in [0.717, 1.165) is 61.3 Å². The number of pyridine rings is 1. The van der Waals surface area contributed by atoms with Gasteiger partial charge in [0.05, 0.1) is 25.3 Å². The number of nitrogens with zero attached hydrogens (tertiary/aromatic N) is 5. The monoisotopic (exact) mass is 516 g/mol. The number of hydrogen-bond acceptors (Lipinski definition) is 7. The topological polar surface area (TPSA) is 98.2 Å². The van der Waals surface area contributed by atoms with E-state index in [1.54, 1.807) is 0 Å². The molecule has 5 rings (SSSR count). The Morgan fingerprint density at radius 2 is 2.05 bits per heavy atom. The van der Waals surface area contributed by atoms with Crippen LogP contribution in [0.4, 0.5) is 0 Å². The largest absolute Gasteiger partial charge is 0.494 e. The van der Waals surface area contributed by atoms with Crippen molar-refractivity contribution in [1.29, 1.82) is 0 Å². The quantitative estimate of drug-likeness (QED) is 0.300. The van der Waals surface area contributed by atoms with E-state index in [-0.39, 0.29) is 17.7 Å². The summed E-state index contributed by atoms with van der Waals surface area (Å²) < 4.78 is 13.4. The van der Waals surface area contributed by atoms with E-state index >= 15 is 0 Å². The summed E-state index contributed by atoms with van der Waals surface area (Å²) in [5, 5.41) is 13.7. The van der Waals surface area contributed by atoms with Gasteiger partial charge in [-0.15, -0.1) is 5.10 Å². The average Bonchev–Trinajstić information content (AvgIpc) is 3.62. The third kappa shape index (κ3) is 6.11. The summed E-state index contributed by atoms with van der Waals surface area (Å²) >= 11 is 0. The lowest BCUT2D eigenvalue weighted by atomic mass is 10.1. The molecule has 0 aliphatic carbocycles. The van der Waals surface area contributed by atoms with Gasteiger partial charge >= 0.3 is 0 Å². The first-order valence-electron chi connectivity index (χ1n) is 13.6. The molecular formula is C29H36N6O3. The zero-order valence-electron chi connectivity index (χ0n) is 22.2. The van der Waals surface area contributed by atoms with E-state index in [9.17, 15) is 4.79 Å². The summed E-state index contributed by atoms with van der Waals surface area (Å²) in [6.45, 7) is 7.36. The Kier molecular flexibility index (Phi) is 8.45. The van der Waals surface area contributed by atoms with Crippen molar-refractivity contribution >= 4 is 10.9 Å². The van der Waals surface area contributed by atoms with Gasteiger partial charge in [-0.05, 0) is 72.9 Å². The number of aromatic amines is 1. The van der Waals surface area contributed by atoms with E-state index in [1.807, 2.05) is 41.9 Å². The van der Waals surface area contributed by atoms with Crippen molar-refractivity contribution in [3.63, 3.8) is 0 Å². The SMILES string of the molecule is CCOc1ccc2[nH]c(=O)c(CN(CCc3ccccc3)C(CC)c3nnnn3CC3CCCO3)cc2c1. The van der Waals surface area contributed by atoms with Crippen LogP contribution in [0.3, 0.4) is 0 Å². The second kappa shape index (κ2) is 12.3. The number of H-pyrrole nitrogens is 1. The first-order valence-corrected chi connectivity index (χ1v) is 13.6. The van der Waals surface area contributed by atoms with Crippen LogP contribution in [0.1, 0.15) is 56.1 Å². The lowest BCUT2D eigenvalue weighted by Crippen LogP contribution is -2.34. The standard InChI is InChI=1S/C29H36N6O3/c1-3-27(28-31-32-33-35(28)20-25-11-8-16-38-25)34(15-14-21-9-6-5-7-10-21)19-23-17-22-18-24(37-4-2)12-13-26(22)30-29(23)36/h5-7,9-10,12-13,17-18,25,27H,3-4,8,11,14-16,19-20H2,1-2H3,(H,30,36). The summed E-state index contributed by atoms with van der Waals surface area (Å²) in [6, 6.07) is 18.1. The minimum atomic E-state index is -0.0832. The van der Waals surface area contributed by atoms with Gasteiger partial charge in [-0.2, -0.15) is 0 Å². The summed E-state index contributed by atoms with van der Waals surface area (Å²) in [4.78, 5) is 18.6. The molecule has 9 heteroatoms. The first kappa shape index (κ1) is 26.1. The number of benzene rings is 2. The molecule has 0 amide bonds. The fourth-order valence-electron chi connectivity index (χ4n) is 5.25. The molecule has 0 radical (unpaired) electrons. The molecule has 1 N–H and O–H groups in total. The number of nitrogens with one attached hydrogen (secondary N) is 1. The summed E-state index contributed by atoms with van der Waals surface area (Å²) in [5.74, 6) is 1.60. The maximum absolute atomic E-state index is 13.2. The molecule has 2 aromatic carbocycles. The highest BCUT2D eigenvalue weighted by Crippen LogP contribution is 2.26. The average molecular weight is 517 g/mol. The van der Waals surface area contributed by atoms with Crippen LogP contribution in [0.5, 0.6) is 5.75 Å². The van der Waals surface area contributed by atoms with Crippen molar-refractivity contribution in [1.82, 2.24) is 30.1 Å². The molecule has 2 atom stereocenters. The van der Waals surface area contributed by atoms with Crippen LogP contribution in [0, 0.1) is 0 Å². The van der Waals surface area contributed by atoms with Gasteiger partial charge < -0.3 is 14.5 Å². The number of hydrogen-bond donors (Lipinski definition) is 1. The number of ether oxygens (including phenoxy) is 2. The smallest absolute Gasteiger partial charge is 0.252 e. The summed E-state index contributed by atoms with van der Waals surface area (Å²) in [5.41, 5.74) is 2.67. The van der Waals surface area contributed by atoms with Crippen LogP contribution in [-0.2, 0) is 24.2 Å². The number of rotatable bonds is 12. The maximum atomic E-state index is 13.2. The molecule has 9 nitrogen and oxygen atoms in total. The lowest BCUT2D eigenvalue weighted by molar-refractivity contribution is 0.0893. The van der Waals surface area contributed by atoms with Crippen molar-refractivity contribution in [3.05, 3.63) is 81.9 Å². The molecule has 0 spiro atoms. The normalized spacial score (nSPS) is 16.3. The predicted octanol–water partition coefficient (Wildman–Crippen LogP) is 4.29. The van der Waals surface area contributed by atoms with Crippen LogP contribution in [0.15, 0.2) is 59.4 Å². The van der Waals surface area contributed by atoms with Crippen LogP contribution in [-0.4, -0.2) is 56.0 Å². The molecule has 0 bridgehead atoms. The van der Waals surface area contributed by atoms with Gasteiger partial charge in [-0.1, -0.05) is 37.3 Å². The Morgan fingerprint density at radius 1 is 1.18 bits per heavy atom. The fourth-order valence-corrected chi connectivity index (χ4v) is 5.25. The Labute approximate surface area is 222 Å². The Bertz CT molecular complexity index is 1380. The molecule has 4 aromatic rings. The van der Waals surface area contributed by atoms with E-state index in [4.69, 9.17) is 9.47 Å². The number of fused-ring (bicyclic) bond motifs is 1. The highest BCUT2D eigenvalue weighted by atomic mass is 16.5. The predicted molar refractivity (Wildman–Crippen MR) is 146 cm³/mol. The van der Waals surface area contributed by atoms with Crippen LogP contribution in [0.25, 0.3) is 10.9 Å². The van der Waals surface area contributed by atoms with Crippen LogP contribution >= 0.6 is 0 Å². The van der Waals surface area contributed by atoms with Crippen LogP contribution < -0.4 is 10.3 Å². The highest BCUT2D eigenvalue weighted by molar-refractivity contribution is 5.80. The maximum Gasteiger partial charge on any atom is 0.252 e. The van der Waals surface area contributed by atoms with Crippen LogP contribution in [0.2, 0.25) is 0 Å². The van der Waals surface area contributed by atoms with Crippen molar-refractivity contribution in [2.24, 2.45) is 0 Å². The van der Waals surface area contributed by atoms with Crippen molar-refractivity contribution in [2.45, 2.75) is 64.8 Å². The fraction of sp³-hybridized carbons (Fsp3) is 0.448. The van der Waals surface area contributed by atoms with Gasteiger partial charge in [0.1, 0.15) is 5.75 Å². The van der Waals surface area contributed by atoms with Gasteiger partial charge in [-0.25, -0.2) is 4.68 Å². The third-order valence-corrected chi connectivity index (χ3v) is 7.19. The molecule has 38 heavy (non-hydrogen) atoms. The molecule has 2 unspecified atom stereocenters. The zero-order valence-corrected chi connectivity index (χ0v) is 22.2. The van der Waals surface area contributed by atoms with Gasteiger partial charge in [0, 0.05) is 36.2 Å². The van der Waals surface area contributed by atoms with E-state index in [0.29, 0.717) is 25.3 Å². The molecule has 1 aliphatic heterocycles. The molecule has 200 valence electrons. The highest BCUT2D eigenvalue weighted by Gasteiger charge is 2.27. The summed E-state index contributed by atoms with van der Waals surface area (Å²) in [6.07, 6.45) is 3.88. The van der Waals surface area contributed by atoms with Gasteiger partial charge in [0.2, 0.25) is 0 Å². The molecule has 3 heterocycles. The third-order valence-electron chi connectivity index (χ3n) is 7.19. The summed E-state index contributed by atoms with van der Waals surface area (Å²) in [7, 11) is 0. The van der Waals surface area contributed by atoms with Gasteiger partial charge in [-0.3, -0.25) is 9.69 Å². The van der Waals surface area contributed by atoms with Gasteiger partial charge in [0.25, 0.3) is 5.56 Å². The number of tetrazole rings is 1. The second-order valence-electron chi connectivity index (χ2n) is 9.79. The first-order chi connectivity index (χ1) is 18.6. The van der Waals surface area contributed by atoms with Gasteiger partial charge in [0.15, 0.2) is 5.82 Å². The molecule has 1 saturated heterocycles. The molecule has 2 aromatic heterocycles. The van der Waals surface area contributed by atoms with Crippen molar-refractivity contribution in [2.75, 3.05) is 19.8 Å². The van der Waals surface area contributed by atoms with E-state index in [2.05, 4.69) is 56.6 Å². The Hall–Kier alpha value is -3.56. The van der Waals surface area contributed by atoms with Crippen molar-refractivity contribution < 1.29 is 9.47 Å². The molecule has 1 aliphatic rings.